The van der Waals surface area contributed by atoms with Gasteiger partial charge in [0.15, 0.2) is 0 Å². The maximum atomic E-state index is 12.1. The maximum absolute atomic E-state index is 12.1. The number of H-pyrrole nitrogens is 1. The summed E-state index contributed by atoms with van der Waals surface area (Å²) in [5.41, 5.74) is 2.08. The van der Waals surface area contributed by atoms with Crippen molar-refractivity contribution in [2.75, 3.05) is 13.2 Å². The van der Waals surface area contributed by atoms with Crippen LogP contribution in [0.2, 0.25) is 0 Å². The largest absolute Gasteiger partial charge is 0.379 e. The van der Waals surface area contributed by atoms with Gasteiger partial charge in [0.05, 0.1) is 36.4 Å². The number of amides is 1. The quantitative estimate of drug-likeness (QED) is 0.674. The average molecular weight is 250 g/mol. The average Bonchev–Trinajstić information content (AvgIpc) is 2.87. The number of aromatic nitrogens is 2. The van der Waals surface area contributed by atoms with Gasteiger partial charge in [-0.15, -0.1) is 0 Å². The lowest BCUT2D eigenvalue weighted by molar-refractivity contribution is -0.125. The Morgan fingerprint density at radius 3 is 3.33 bits per heavy atom. The molecule has 1 saturated heterocycles. The van der Waals surface area contributed by atoms with Crippen molar-refractivity contribution in [3.05, 3.63) is 17.7 Å². The van der Waals surface area contributed by atoms with Crippen molar-refractivity contribution in [3.63, 3.8) is 0 Å². The smallest absolute Gasteiger partial charge is 0.237 e. The molecule has 1 aromatic heterocycles. The van der Waals surface area contributed by atoms with Gasteiger partial charge in [-0.25, -0.2) is 4.98 Å². The molecule has 0 spiro atoms. The number of hydrogen-bond donors (Lipinski definition) is 3. The molecule has 0 bridgehead atoms. The Kier molecular flexibility index (Phi) is 3.29. The van der Waals surface area contributed by atoms with E-state index in [4.69, 9.17) is 4.74 Å². The molecular formula is C12H18N4O2. The fourth-order valence-electron chi connectivity index (χ4n) is 2.51. The molecule has 0 aliphatic carbocycles. The molecule has 6 heteroatoms. The summed E-state index contributed by atoms with van der Waals surface area (Å²) in [6.07, 6.45) is 4.36. The standard InChI is InChI=1S/C12H18N4O2/c17-12(16-8-2-1-3-18-6-8)10-4-9-11(5-13-10)15-7-14-9/h7-8,10,13H,1-6H2,(H,14,15)(H,16,17). The molecular weight excluding hydrogens is 232 g/mol. The highest BCUT2D eigenvalue weighted by molar-refractivity contribution is 5.82. The fraction of sp³-hybridized carbons (Fsp3) is 0.667. The molecule has 98 valence electrons. The number of carbonyl (C=O) groups excluding carboxylic acids is 1. The van der Waals surface area contributed by atoms with Crippen molar-refractivity contribution in [1.29, 1.82) is 0 Å². The summed E-state index contributed by atoms with van der Waals surface area (Å²) >= 11 is 0. The second kappa shape index (κ2) is 5.07. The molecule has 2 aliphatic heterocycles. The first-order chi connectivity index (χ1) is 8.83. The summed E-state index contributed by atoms with van der Waals surface area (Å²) in [7, 11) is 0. The molecule has 6 nitrogen and oxygen atoms in total. The zero-order chi connectivity index (χ0) is 12.4. The summed E-state index contributed by atoms with van der Waals surface area (Å²) in [4.78, 5) is 19.4. The fourth-order valence-corrected chi connectivity index (χ4v) is 2.51. The van der Waals surface area contributed by atoms with Crippen LogP contribution in [0.5, 0.6) is 0 Å². The van der Waals surface area contributed by atoms with E-state index in [1.54, 1.807) is 6.33 Å². The van der Waals surface area contributed by atoms with Gasteiger partial charge in [-0.1, -0.05) is 0 Å². The molecule has 1 aromatic rings. The first-order valence-electron chi connectivity index (χ1n) is 6.45. The molecule has 2 unspecified atom stereocenters. The minimum atomic E-state index is -0.178. The lowest BCUT2D eigenvalue weighted by Gasteiger charge is -2.27. The predicted molar refractivity (Wildman–Crippen MR) is 64.9 cm³/mol. The van der Waals surface area contributed by atoms with Crippen molar-refractivity contribution < 1.29 is 9.53 Å². The second-order valence-electron chi connectivity index (χ2n) is 4.89. The predicted octanol–water partition coefficient (Wildman–Crippen LogP) is -0.281. The van der Waals surface area contributed by atoms with Crippen LogP contribution in [0.3, 0.4) is 0 Å². The molecule has 1 amide bonds. The van der Waals surface area contributed by atoms with E-state index < -0.39 is 0 Å². The van der Waals surface area contributed by atoms with Crippen molar-refractivity contribution in [1.82, 2.24) is 20.6 Å². The van der Waals surface area contributed by atoms with E-state index in [0.29, 0.717) is 19.6 Å². The molecule has 2 atom stereocenters. The van der Waals surface area contributed by atoms with Crippen LogP contribution in [0.1, 0.15) is 24.2 Å². The van der Waals surface area contributed by atoms with E-state index in [-0.39, 0.29) is 18.0 Å². The highest BCUT2D eigenvalue weighted by Gasteiger charge is 2.27. The minimum Gasteiger partial charge on any atom is -0.379 e. The molecule has 2 aliphatic rings. The van der Waals surface area contributed by atoms with Gasteiger partial charge in [-0.05, 0) is 12.8 Å². The number of aromatic amines is 1. The van der Waals surface area contributed by atoms with Crippen LogP contribution >= 0.6 is 0 Å². The lowest BCUT2D eigenvalue weighted by atomic mass is 10.0. The van der Waals surface area contributed by atoms with E-state index >= 15 is 0 Å². The van der Waals surface area contributed by atoms with Crippen molar-refractivity contribution in [2.24, 2.45) is 0 Å². The monoisotopic (exact) mass is 250 g/mol. The number of hydrogen-bond acceptors (Lipinski definition) is 4. The molecule has 18 heavy (non-hydrogen) atoms. The van der Waals surface area contributed by atoms with Crippen LogP contribution in [-0.4, -0.2) is 41.2 Å². The number of fused-ring (bicyclic) bond motifs is 1. The van der Waals surface area contributed by atoms with E-state index in [2.05, 4.69) is 20.6 Å². The van der Waals surface area contributed by atoms with Crippen molar-refractivity contribution >= 4 is 5.91 Å². The Hall–Kier alpha value is -1.40. The maximum Gasteiger partial charge on any atom is 0.237 e. The second-order valence-corrected chi connectivity index (χ2v) is 4.89. The highest BCUT2D eigenvalue weighted by Crippen LogP contribution is 2.13. The zero-order valence-electron chi connectivity index (χ0n) is 10.2. The van der Waals surface area contributed by atoms with Gasteiger partial charge in [-0.3, -0.25) is 10.1 Å². The van der Waals surface area contributed by atoms with E-state index in [1.165, 1.54) is 0 Å². The van der Waals surface area contributed by atoms with Gasteiger partial charge in [0, 0.05) is 19.6 Å². The third kappa shape index (κ3) is 2.39. The number of carbonyl (C=O) groups is 1. The summed E-state index contributed by atoms with van der Waals surface area (Å²) in [5.74, 6) is 0.0548. The van der Waals surface area contributed by atoms with Crippen LogP contribution < -0.4 is 10.6 Å². The Morgan fingerprint density at radius 2 is 2.50 bits per heavy atom. The SMILES string of the molecule is O=C(NC1CCCOC1)C1Cc2nc[nH]c2CN1. The van der Waals surface area contributed by atoms with E-state index in [1.807, 2.05) is 0 Å². The first-order valence-corrected chi connectivity index (χ1v) is 6.45. The Labute approximate surface area is 106 Å². The topological polar surface area (TPSA) is 79.0 Å². The Morgan fingerprint density at radius 1 is 1.56 bits per heavy atom. The van der Waals surface area contributed by atoms with Crippen LogP contribution in [0.4, 0.5) is 0 Å². The van der Waals surface area contributed by atoms with Gasteiger partial charge >= 0.3 is 0 Å². The zero-order valence-corrected chi connectivity index (χ0v) is 10.2. The van der Waals surface area contributed by atoms with Crippen LogP contribution in [-0.2, 0) is 22.5 Å². The third-order valence-corrected chi connectivity index (χ3v) is 3.55. The summed E-state index contributed by atoms with van der Waals surface area (Å²) in [6.45, 7) is 2.12. The lowest BCUT2D eigenvalue weighted by Crippen LogP contribution is -2.52. The summed E-state index contributed by atoms with van der Waals surface area (Å²) in [6, 6.07) is -0.0173. The number of nitrogens with zero attached hydrogens (tertiary/aromatic N) is 1. The summed E-state index contributed by atoms with van der Waals surface area (Å²) in [5, 5.41) is 6.27. The first kappa shape index (κ1) is 11.7. The van der Waals surface area contributed by atoms with E-state index in [9.17, 15) is 4.79 Å². The third-order valence-electron chi connectivity index (χ3n) is 3.55. The number of imidazole rings is 1. The molecule has 3 heterocycles. The molecule has 0 saturated carbocycles. The summed E-state index contributed by atoms with van der Waals surface area (Å²) < 4.78 is 5.36. The van der Waals surface area contributed by atoms with Crippen LogP contribution in [0, 0.1) is 0 Å². The molecule has 1 fully saturated rings. The van der Waals surface area contributed by atoms with Crippen LogP contribution in [0.15, 0.2) is 6.33 Å². The number of rotatable bonds is 2. The van der Waals surface area contributed by atoms with Gasteiger partial charge in [0.25, 0.3) is 0 Å². The van der Waals surface area contributed by atoms with E-state index in [0.717, 1.165) is 30.8 Å². The molecule has 0 radical (unpaired) electrons. The van der Waals surface area contributed by atoms with Crippen LogP contribution in [0.25, 0.3) is 0 Å². The van der Waals surface area contributed by atoms with Gasteiger partial charge < -0.3 is 15.0 Å². The Balaban J connectivity index is 1.57. The number of ether oxygens (including phenoxy) is 1. The molecule has 3 N–H and O–H groups in total. The van der Waals surface area contributed by atoms with Crippen molar-refractivity contribution in [3.8, 4) is 0 Å². The van der Waals surface area contributed by atoms with Gasteiger partial charge in [0.2, 0.25) is 5.91 Å². The molecule has 3 rings (SSSR count). The van der Waals surface area contributed by atoms with Gasteiger partial charge in [0.1, 0.15) is 0 Å². The van der Waals surface area contributed by atoms with Crippen molar-refractivity contribution in [2.45, 2.75) is 37.9 Å². The number of nitrogens with one attached hydrogen (secondary N) is 3. The molecule has 0 aromatic carbocycles. The minimum absolute atomic E-state index is 0.0548. The normalized spacial score (nSPS) is 27.6. The Bertz CT molecular complexity index is 425. The highest BCUT2D eigenvalue weighted by atomic mass is 16.5. The van der Waals surface area contributed by atoms with Gasteiger partial charge in [-0.2, -0.15) is 0 Å².